The van der Waals surface area contributed by atoms with Crippen LogP contribution >= 0.6 is 11.6 Å². The highest BCUT2D eigenvalue weighted by Crippen LogP contribution is 2.23. The van der Waals surface area contributed by atoms with Crippen LogP contribution in [-0.4, -0.2) is 11.1 Å². The average Bonchev–Trinajstić information content (AvgIpc) is 2.38. The highest BCUT2D eigenvalue weighted by Gasteiger charge is 2.13. The zero-order chi connectivity index (χ0) is 14.4. The lowest BCUT2D eigenvalue weighted by atomic mass is 10.1. The number of carboxylic acid groups (broad SMARTS) is 1. The normalized spacial score (nSPS) is 8.53. The van der Waals surface area contributed by atoms with Gasteiger partial charge in [-0.25, -0.2) is 4.79 Å². The van der Waals surface area contributed by atoms with Gasteiger partial charge in [-0.3, -0.25) is 0 Å². The highest BCUT2D eigenvalue weighted by atomic mass is 35.5. The molecule has 0 aliphatic rings. The second-order valence-corrected chi connectivity index (χ2v) is 3.64. The molecule has 6 nitrogen and oxygen atoms in total. The number of allylic oxidation sites excluding steroid dienone is 2. The van der Waals surface area contributed by atoms with E-state index in [9.17, 15) is 4.79 Å². The van der Waals surface area contributed by atoms with E-state index in [4.69, 9.17) is 32.5 Å². The van der Waals surface area contributed by atoms with Crippen LogP contribution in [0.1, 0.15) is 10.4 Å². The van der Waals surface area contributed by atoms with Crippen molar-refractivity contribution in [3.05, 3.63) is 40.1 Å². The Bertz CT molecular complexity index is 673. The number of hydrogen-bond donors (Lipinski definition) is 2. The molecule has 2 N–H and O–H groups in total. The summed E-state index contributed by atoms with van der Waals surface area (Å²) < 4.78 is 0. The van der Waals surface area contributed by atoms with Crippen LogP contribution in [0, 0.1) is 34.0 Å². The topological polar surface area (TPSA) is 121 Å². The number of halogens is 1. The maximum Gasteiger partial charge on any atom is 0.337 e. The predicted octanol–water partition coefficient (Wildman–Crippen LogP) is 2.27. The van der Waals surface area contributed by atoms with Gasteiger partial charge < -0.3 is 10.4 Å². The number of nitrogens with one attached hydrogen (secondary N) is 1. The third kappa shape index (κ3) is 3.23. The summed E-state index contributed by atoms with van der Waals surface area (Å²) in [7, 11) is 0. The minimum absolute atomic E-state index is 0.0274. The van der Waals surface area contributed by atoms with Crippen molar-refractivity contribution in [3.8, 4) is 18.2 Å². The molecule has 0 fully saturated rings. The largest absolute Gasteiger partial charge is 0.478 e. The van der Waals surface area contributed by atoms with E-state index in [1.54, 1.807) is 6.07 Å². The molecule has 0 spiro atoms. The molecule has 19 heavy (non-hydrogen) atoms. The quantitative estimate of drug-likeness (QED) is 0.814. The van der Waals surface area contributed by atoms with Crippen LogP contribution in [-0.2, 0) is 0 Å². The van der Waals surface area contributed by atoms with Crippen molar-refractivity contribution in [1.29, 1.82) is 15.8 Å². The number of anilines is 1. The minimum atomic E-state index is -1.23. The molecular weight excluding hydrogens is 268 g/mol. The summed E-state index contributed by atoms with van der Waals surface area (Å²) in [6, 6.07) is 8.62. The standard InChI is InChI=1S/C12H5ClN4O2/c13-8-1-2-9(12(18)19)10(3-8)17-11(6-16)7(4-14)5-15/h1-3,17H,(H,18,19). The van der Waals surface area contributed by atoms with Gasteiger partial charge in [0.15, 0.2) is 5.57 Å². The van der Waals surface area contributed by atoms with Gasteiger partial charge in [0.2, 0.25) is 0 Å². The monoisotopic (exact) mass is 272 g/mol. The van der Waals surface area contributed by atoms with E-state index in [2.05, 4.69) is 5.32 Å². The van der Waals surface area contributed by atoms with Crippen molar-refractivity contribution in [2.75, 3.05) is 5.32 Å². The fourth-order valence-electron chi connectivity index (χ4n) is 1.22. The molecule has 1 aromatic rings. The zero-order valence-electron chi connectivity index (χ0n) is 9.31. The first-order valence-corrected chi connectivity index (χ1v) is 5.15. The first kappa shape index (κ1) is 14.1. The predicted molar refractivity (Wildman–Crippen MR) is 65.9 cm³/mol. The summed E-state index contributed by atoms with van der Waals surface area (Å²) in [5.74, 6) is -1.23. The van der Waals surface area contributed by atoms with E-state index in [0.717, 1.165) is 0 Å². The molecule has 92 valence electrons. The Labute approximate surface area is 113 Å². The molecule has 0 saturated heterocycles. The molecule has 0 aliphatic heterocycles. The molecule has 0 aliphatic carbocycles. The first-order chi connectivity index (χ1) is 9.03. The molecule has 1 rings (SSSR count). The van der Waals surface area contributed by atoms with Crippen LogP contribution in [0.2, 0.25) is 5.02 Å². The van der Waals surface area contributed by atoms with Gasteiger partial charge in [0.25, 0.3) is 0 Å². The Morgan fingerprint density at radius 1 is 1.21 bits per heavy atom. The molecule has 0 heterocycles. The summed E-state index contributed by atoms with van der Waals surface area (Å²) in [6.07, 6.45) is 0. The van der Waals surface area contributed by atoms with Crippen molar-refractivity contribution in [2.24, 2.45) is 0 Å². The lowest BCUT2D eigenvalue weighted by Gasteiger charge is -2.08. The van der Waals surface area contributed by atoms with E-state index in [1.807, 2.05) is 0 Å². The van der Waals surface area contributed by atoms with E-state index in [1.165, 1.54) is 30.3 Å². The molecule has 0 saturated carbocycles. The number of rotatable bonds is 3. The Morgan fingerprint density at radius 3 is 2.32 bits per heavy atom. The van der Waals surface area contributed by atoms with Crippen molar-refractivity contribution in [1.82, 2.24) is 0 Å². The summed E-state index contributed by atoms with van der Waals surface area (Å²) in [5.41, 5.74) is -0.888. The molecule has 1 aromatic carbocycles. The number of hydrogen-bond acceptors (Lipinski definition) is 5. The van der Waals surface area contributed by atoms with Crippen LogP contribution in [0.25, 0.3) is 0 Å². The van der Waals surface area contributed by atoms with Gasteiger partial charge >= 0.3 is 5.97 Å². The van der Waals surface area contributed by atoms with E-state index >= 15 is 0 Å². The molecule has 0 aromatic heterocycles. The maximum atomic E-state index is 11.0. The lowest BCUT2D eigenvalue weighted by Crippen LogP contribution is -2.07. The Morgan fingerprint density at radius 2 is 1.84 bits per heavy atom. The fourth-order valence-corrected chi connectivity index (χ4v) is 1.40. The maximum absolute atomic E-state index is 11.0. The molecule has 0 atom stereocenters. The van der Waals surface area contributed by atoms with Gasteiger partial charge in [-0.05, 0) is 18.2 Å². The lowest BCUT2D eigenvalue weighted by molar-refractivity contribution is 0.0698. The number of carbonyl (C=O) groups is 1. The fraction of sp³-hybridized carbons (Fsp3) is 0. The summed E-state index contributed by atoms with van der Waals surface area (Å²) in [6.45, 7) is 0. The summed E-state index contributed by atoms with van der Waals surface area (Å²) >= 11 is 5.73. The number of carboxylic acids is 1. The third-order valence-electron chi connectivity index (χ3n) is 2.06. The zero-order valence-corrected chi connectivity index (χ0v) is 10.1. The van der Waals surface area contributed by atoms with Crippen molar-refractivity contribution in [2.45, 2.75) is 0 Å². The van der Waals surface area contributed by atoms with Crippen molar-refractivity contribution < 1.29 is 9.90 Å². The summed E-state index contributed by atoms with van der Waals surface area (Å²) in [5, 5.41) is 37.9. The Balaban J connectivity index is 3.35. The number of nitriles is 3. The second kappa shape index (κ2) is 6.07. The smallest absolute Gasteiger partial charge is 0.337 e. The third-order valence-corrected chi connectivity index (χ3v) is 2.29. The van der Waals surface area contributed by atoms with Crippen LogP contribution in [0.3, 0.4) is 0 Å². The molecule has 0 radical (unpaired) electrons. The Kier molecular flexibility index (Phi) is 4.49. The van der Waals surface area contributed by atoms with Crippen LogP contribution < -0.4 is 5.32 Å². The van der Waals surface area contributed by atoms with E-state index in [-0.39, 0.29) is 22.0 Å². The van der Waals surface area contributed by atoms with Crippen LogP contribution in [0.5, 0.6) is 0 Å². The number of nitrogens with zero attached hydrogens (tertiary/aromatic N) is 3. The van der Waals surface area contributed by atoms with Crippen molar-refractivity contribution in [3.63, 3.8) is 0 Å². The average molecular weight is 273 g/mol. The van der Waals surface area contributed by atoms with Gasteiger partial charge in [-0.1, -0.05) is 11.6 Å². The van der Waals surface area contributed by atoms with Gasteiger partial charge in [0.05, 0.1) is 11.3 Å². The summed E-state index contributed by atoms with van der Waals surface area (Å²) in [4.78, 5) is 11.0. The first-order valence-electron chi connectivity index (χ1n) is 4.78. The molecular formula is C12H5ClN4O2. The van der Waals surface area contributed by atoms with Crippen molar-refractivity contribution >= 4 is 23.3 Å². The Hall–Kier alpha value is -3.01. The van der Waals surface area contributed by atoms with E-state index in [0.29, 0.717) is 0 Å². The minimum Gasteiger partial charge on any atom is -0.478 e. The molecule has 0 amide bonds. The van der Waals surface area contributed by atoms with E-state index < -0.39 is 11.5 Å². The van der Waals surface area contributed by atoms with Gasteiger partial charge in [0, 0.05) is 5.02 Å². The molecule has 0 unspecified atom stereocenters. The highest BCUT2D eigenvalue weighted by molar-refractivity contribution is 6.31. The number of benzene rings is 1. The molecule has 7 heteroatoms. The van der Waals surface area contributed by atoms with Crippen LogP contribution in [0.15, 0.2) is 29.5 Å². The second-order valence-electron chi connectivity index (χ2n) is 3.21. The van der Waals surface area contributed by atoms with Gasteiger partial charge in [-0.2, -0.15) is 15.8 Å². The van der Waals surface area contributed by atoms with Gasteiger partial charge in [-0.15, -0.1) is 0 Å². The molecule has 0 bridgehead atoms. The SMILES string of the molecule is N#CC(C#N)=C(C#N)Nc1cc(Cl)ccc1C(=O)O. The number of aromatic carboxylic acids is 1. The van der Waals surface area contributed by atoms with Gasteiger partial charge in [0.1, 0.15) is 23.9 Å². The van der Waals surface area contributed by atoms with Crippen LogP contribution in [0.4, 0.5) is 5.69 Å².